The second kappa shape index (κ2) is 10.9. The summed E-state index contributed by atoms with van der Waals surface area (Å²) in [5.74, 6) is 4.04. The molecule has 0 saturated carbocycles. The van der Waals surface area contributed by atoms with Crippen LogP contribution in [0.25, 0.3) is 0 Å². The average molecular weight is 593 g/mol. The number of aromatic nitrogens is 3. The molecule has 2 aromatic carbocycles. The zero-order valence-electron chi connectivity index (χ0n) is 24.6. The monoisotopic (exact) mass is 592 g/mol. The van der Waals surface area contributed by atoms with Crippen LogP contribution in [0.15, 0.2) is 102 Å². The number of para-hydroxylation sites is 1. The maximum atomic E-state index is 13.8. The van der Waals surface area contributed by atoms with E-state index in [1.165, 1.54) is 0 Å². The van der Waals surface area contributed by atoms with Gasteiger partial charge < -0.3 is 19.6 Å². The first kappa shape index (κ1) is 28.0. The van der Waals surface area contributed by atoms with Crippen LogP contribution in [0.1, 0.15) is 5.56 Å². The number of nitrogens with zero attached hydrogens (tertiary/aromatic N) is 7. The third-order valence-corrected chi connectivity index (χ3v) is 8.90. The van der Waals surface area contributed by atoms with Crippen molar-refractivity contribution in [1.29, 1.82) is 0 Å². The maximum absolute atomic E-state index is 13.8. The van der Waals surface area contributed by atoms with Gasteiger partial charge >= 0.3 is 0 Å². The summed E-state index contributed by atoms with van der Waals surface area (Å²) in [6.07, 6.45) is 0. The van der Waals surface area contributed by atoms with E-state index < -0.39 is 10.0 Å². The van der Waals surface area contributed by atoms with Gasteiger partial charge in [0, 0.05) is 28.2 Å². The van der Waals surface area contributed by atoms with E-state index in [1.807, 2.05) is 128 Å². The molecule has 0 fully saturated rings. The van der Waals surface area contributed by atoms with Gasteiger partial charge in [-0.15, -0.1) is 0 Å². The lowest BCUT2D eigenvalue weighted by atomic mass is 10.2. The molecule has 0 amide bonds. The summed E-state index contributed by atoms with van der Waals surface area (Å²) in [5, 5.41) is 0. The molecule has 1 N–H and O–H groups in total. The number of rotatable bonds is 3. The molecule has 1 aliphatic heterocycles. The summed E-state index contributed by atoms with van der Waals surface area (Å²) in [6.45, 7) is 1.92. The van der Waals surface area contributed by atoms with Crippen molar-refractivity contribution in [3.8, 4) is 0 Å². The van der Waals surface area contributed by atoms with Crippen LogP contribution in [-0.2, 0) is 10.0 Å². The summed E-state index contributed by atoms with van der Waals surface area (Å²) < 4.78 is 30.4. The molecular weight excluding hydrogens is 560 g/mol. The number of hydrogen-bond donors (Lipinski definition) is 1. The number of nitrogens with one attached hydrogen (secondary N) is 1. The Bertz CT molecular complexity index is 1820. The Morgan fingerprint density at radius 3 is 1.26 bits per heavy atom. The van der Waals surface area contributed by atoms with Crippen LogP contribution in [0.5, 0.6) is 0 Å². The van der Waals surface area contributed by atoms with Crippen molar-refractivity contribution in [1.82, 2.24) is 15.0 Å². The SMILES string of the molecule is Cc1ccc(S(=O)(=O)Nc2c3cccc2N(C)c2cccc(n2)N(C)c2cccc(n2)N(C)c2cccc(n2)N3C)cc1. The Hall–Kier alpha value is -5.16. The van der Waals surface area contributed by atoms with Crippen molar-refractivity contribution in [2.45, 2.75) is 11.8 Å². The molecule has 10 nitrogen and oxygen atoms in total. The van der Waals surface area contributed by atoms with Crippen molar-refractivity contribution >= 4 is 62.0 Å². The van der Waals surface area contributed by atoms with Gasteiger partial charge in [-0.25, -0.2) is 23.4 Å². The van der Waals surface area contributed by atoms with Crippen molar-refractivity contribution in [2.24, 2.45) is 0 Å². The Balaban J connectivity index is 1.58. The van der Waals surface area contributed by atoms with Gasteiger partial charge in [-0.05, 0) is 67.6 Å². The molecule has 0 radical (unpaired) electrons. The molecule has 0 unspecified atom stereocenters. The average Bonchev–Trinajstić information content (AvgIpc) is 3.03. The first-order valence-electron chi connectivity index (χ1n) is 13.7. The molecule has 1 aliphatic rings. The fourth-order valence-corrected chi connectivity index (χ4v) is 6.03. The second-order valence-corrected chi connectivity index (χ2v) is 12.1. The first-order valence-corrected chi connectivity index (χ1v) is 15.2. The molecule has 6 rings (SSSR count). The highest BCUT2D eigenvalue weighted by atomic mass is 32.2. The molecule has 8 bridgehead atoms. The molecule has 11 heteroatoms. The van der Waals surface area contributed by atoms with Crippen molar-refractivity contribution in [3.05, 3.63) is 103 Å². The maximum Gasteiger partial charge on any atom is 0.262 e. The molecule has 0 saturated heterocycles. The van der Waals surface area contributed by atoms with Crippen molar-refractivity contribution in [3.63, 3.8) is 0 Å². The van der Waals surface area contributed by atoms with Gasteiger partial charge in [0.15, 0.2) is 0 Å². The normalized spacial score (nSPS) is 13.2. The molecule has 43 heavy (non-hydrogen) atoms. The number of sulfonamides is 1. The molecule has 5 aromatic rings. The van der Waals surface area contributed by atoms with Crippen molar-refractivity contribution < 1.29 is 8.42 Å². The topological polar surface area (TPSA) is 97.8 Å². The molecule has 4 heterocycles. The lowest BCUT2D eigenvalue weighted by molar-refractivity contribution is 0.601. The van der Waals surface area contributed by atoms with Gasteiger partial charge in [0.2, 0.25) is 0 Å². The summed E-state index contributed by atoms with van der Waals surface area (Å²) in [6, 6.07) is 29.7. The van der Waals surface area contributed by atoms with E-state index in [4.69, 9.17) is 15.0 Å². The lowest BCUT2D eigenvalue weighted by Crippen LogP contribution is -2.23. The molecule has 0 spiro atoms. The van der Waals surface area contributed by atoms with Crippen LogP contribution in [-0.4, -0.2) is 51.6 Å². The van der Waals surface area contributed by atoms with Crippen molar-refractivity contribution in [2.75, 3.05) is 52.5 Å². The van der Waals surface area contributed by atoms with Gasteiger partial charge in [0.1, 0.15) is 34.9 Å². The highest BCUT2D eigenvalue weighted by Crippen LogP contribution is 2.41. The predicted molar refractivity (Wildman–Crippen MR) is 173 cm³/mol. The summed E-state index contributed by atoms with van der Waals surface area (Å²) in [5.41, 5.74) is 2.61. The van der Waals surface area contributed by atoms with E-state index in [1.54, 1.807) is 24.3 Å². The van der Waals surface area contributed by atoms with E-state index in [2.05, 4.69) is 4.72 Å². The van der Waals surface area contributed by atoms with Crippen LogP contribution in [0.2, 0.25) is 0 Å². The standard InChI is InChI=1S/C32H32N8O2S/c1-22-18-20-23(21-19-22)43(41,42)36-32-24-10-6-11-25(32)38(3)27-13-8-15-29(34-27)40(5)31-17-9-16-30(35-31)39(4)28-14-7-12-26(33-28)37(24)2/h6-21,36H,1-5H3. The number of aryl methyl sites for hydroxylation is 1. The fourth-order valence-electron chi connectivity index (χ4n) is 4.94. The van der Waals surface area contributed by atoms with E-state index in [0.717, 1.165) is 5.56 Å². The first-order chi connectivity index (χ1) is 20.6. The van der Waals surface area contributed by atoms with Crippen LogP contribution in [0.4, 0.5) is 52.0 Å². The third kappa shape index (κ3) is 5.30. The molecule has 218 valence electrons. The molecule has 3 aromatic heterocycles. The van der Waals surface area contributed by atoms with Crippen LogP contribution in [0, 0.1) is 6.92 Å². The third-order valence-electron chi connectivity index (χ3n) is 7.53. The minimum atomic E-state index is -3.95. The van der Waals surface area contributed by atoms with E-state index in [0.29, 0.717) is 52.0 Å². The Labute approximate surface area is 251 Å². The van der Waals surface area contributed by atoms with Crippen LogP contribution in [0.3, 0.4) is 0 Å². The van der Waals surface area contributed by atoms with Gasteiger partial charge in [0.25, 0.3) is 10.0 Å². The summed E-state index contributed by atoms with van der Waals surface area (Å²) >= 11 is 0. The number of hydrogen-bond acceptors (Lipinski definition) is 9. The quantitative estimate of drug-likeness (QED) is 0.256. The Morgan fingerprint density at radius 2 is 0.860 bits per heavy atom. The summed E-state index contributed by atoms with van der Waals surface area (Å²) in [7, 11) is 3.61. The highest BCUT2D eigenvalue weighted by Gasteiger charge is 2.24. The van der Waals surface area contributed by atoms with E-state index in [9.17, 15) is 8.42 Å². The Kier molecular flexibility index (Phi) is 7.10. The Morgan fingerprint density at radius 1 is 0.512 bits per heavy atom. The van der Waals surface area contributed by atoms with Crippen LogP contribution >= 0.6 is 0 Å². The zero-order valence-corrected chi connectivity index (χ0v) is 25.4. The highest BCUT2D eigenvalue weighted by molar-refractivity contribution is 7.92. The van der Waals surface area contributed by atoms with Gasteiger partial charge in [0.05, 0.1) is 22.0 Å². The zero-order chi connectivity index (χ0) is 30.3. The largest absolute Gasteiger partial charge is 0.328 e. The molecular formula is C32H32N8O2S. The number of benzene rings is 2. The number of anilines is 9. The van der Waals surface area contributed by atoms with Gasteiger partial charge in [-0.2, -0.15) is 0 Å². The van der Waals surface area contributed by atoms with E-state index in [-0.39, 0.29) is 4.90 Å². The molecule has 0 atom stereocenters. The van der Waals surface area contributed by atoms with Crippen LogP contribution < -0.4 is 24.3 Å². The number of pyridine rings is 3. The lowest BCUT2D eigenvalue weighted by Gasteiger charge is -2.29. The molecule has 0 aliphatic carbocycles. The minimum absolute atomic E-state index is 0.170. The second-order valence-electron chi connectivity index (χ2n) is 10.4. The van der Waals surface area contributed by atoms with E-state index >= 15 is 0 Å². The predicted octanol–water partition coefficient (Wildman–Crippen LogP) is 6.37. The van der Waals surface area contributed by atoms with Gasteiger partial charge in [-0.1, -0.05) is 42.0 Å². The van der Waals surface area contributed by atoms with Gasteiger partial charge in [-0.3, -0.25) is 4.72 Å². The number of fused-ring (bicyclic) bond motifs is 8. The smallest absolute Gasteiger partial charge is 0.262 e. The fraction of sp³-hybridized carbons (Fsp3) is 0.156. The summed E-state index contributed by atoms with van der Waals surface area (Å²) in [4.78, 5) is 22.5. The minimum Gasteiger partial charge on any atom is -0.328 e.